The molecule has 6 aromatic carbocycles. The minimum Gasteiger partial charge on any atom is -0.665 e. The van der Waals surface area contributed by atoms with Gasteiger partial charge in [0, 0.05) is 0 Å². The van der Waals surface area contributed by atoms with Gasteiger partial charge in [0.25, 0.3) is 0 Å². The number of hydrogen-bond donors (Lipinski definition) is 0. The van der Waals surface area contributed by atoms with Gasteiger partial charge in [-0.3, -0.25) is 0 Å². The summed E-state index contributed by atoms with van der Waals surface area (Å²) in [5.41, 5.74) is -1.31. The Hall–Kier alpha value is -2.06. The van der Waals surface area contributed by atoms with Crippen LogP contribution in [0.1, 0.15) is 33.4 Å². The molecule has 0 aliphatic heterocycles. The van der Waals surface area contributed by atoms with E-state index >= 15 is 0 Å². The summed E-state index contributed by atoms with van der Waals surface area (Å²) in [6.07, 6.45) is 0. The van der Waals surface area contributed by atoms with Crippen LogP contribution in [0.25, 0.3) is 0 Å². The summed E-state index contributed by atoms with van der Waals surface area (Å²) >= 11 is 31.5. The van der Waals surface area contributed by atoms with Crippen molar-refractivity contribution in [3.8, 4) is 34.5 Å². The Kier molecular flexibility index (Phi) is 20.6. The van der Waals surface area contributed by atoms with E-state index in [2.05, 4.69) is 0 Å². The van der Waals surface area contributed by atoms with Crippen molar-refractivity contribution < 1.29 is 27.1 Å². The summed E-state index contributed by atoms with van der Waals surface area (Å²) in [5.74, 6) is 3.89. The van der Waals surface area contributed by atoms with E-state index in [1.807, 2.05) is 187 Å². The molecule has 0 N–H and O–H groups in total. The molecule has 0 saturated heterocycles. The summed E-state index contributed by atoms with van der Waals surface area (Å²) in [7, 11) is 0. The number of hydrogen-bond acceptors (Lipinski definition) is 12. The molecule has 0 fully saturated rings. The zero-order chi connectivity index (χ0) is 41.6. The molecule has 0 amide bonds. The van der Waals surface area contributed by atoms with Gasteiger partial charge in [0.1, 0.15) is 34.5 Å². The van der Waals surface area contributed by atoms with Gasteiger partial charge in [0.2, 0.25) is 0 Å². The molecule has 6 rings (SSSR count). The van der Waals surface area contributed by atoms with Crippen molar-refractivity contribution >= 4 is 114 Å². The number of benzene rings is 6. The number of aryl methyl sites for hydroxylation is 6. The molecule has 6 nitrogen and oxygen atoms in total. The first kappa shape index (κ1) is 50.3. The zero-order valence-corrected chi connectivity index (χ0v) is 42.7. The molecular formula is C42H42O6P3S6Sb. The first-order chi connectivity index (χ1) is 26.8. The van der Waals surface area contributed by atoms with Crippen LogP contribution in [0.15, 0.2) is 146 Å². The molecule has 0 aliphatic carbocycles. The number of rotatable bonds is 12. The fourth-order valence-electron chi connectivity index (χ4n) is 4.43. The van der Waals surface area contributed by atoms with Crippen molar-refractivity contribution in [2.24, 2.45) is 0 Å². The average molecular weight is 1050 g/mol. The van der Waals surface area contributed by atoms with Crippen molar-refractivity contribution in [2.75, 3.05) is 0 Å². The largest absolute Gasteiger partial charge is 3.00 e. The first-order valence-corrected chi connectivity index (χ1v) is 28.3. The van der Waals surface area contributed by atoms with Crippen molar-refractivity contribution in [2.45, 2.75) is 41.5 Å². The van der Waals surface area contributed by atoms with E-state index in [4.69, 9.17) is 99.3 Å². The summed E-state index contributed by atoms with van der Waals surface area (Å²) in [4.78, 5) is 0. The van der Waals surface area contributed by atoms with Crippen molar-refractivity contribution in [3.05, 3.63) is 179 Å². The molecule has 0 atom stereocenters. The third-order valence-corrected chi connectivity index (χ3v) is 12.7. The molecule has 0 spiro atoms. The second-order valence-electron chi connectivity index (χ2n) is 12.8. The van der Waals surface area contributed by atoms with Crippen molar-refractivity contribution in [1.82, 2.24) is 0 Å². The van der Waals surface area contributed by atoms with E-state index < -0.39 is 17.1 Å². The SMILES string of the molecule is Cc1ccc(OP(=S)([S-])Oc2ccc(C)cc2)cc1.Cc1ccc(OP(=S)([S-])Oc2ccc(C)cc2)cc1.Cc1ccc(OP(=S)([S-])Oc2ccc(C)cc2)cc1.[Sb+3]. The maximum absolute atomic E-state index is 5.61. The van der Waals surface area contributed by atoms with Crippen LogP contribution < -0.4 is 27.1 Å². The molecule has 16 heteroatoms. The van der Waals surface area contributed by atoms with E-state index in [0.717, 1.165) is 33.4 Å². The molecular weight excluding hydrogens is 1010 g/mol. The van der Waals surface area contributed by atoms with Gasteiger partial charge in [0.15, 0.2) is 17.1 Å². The predicted molar refractivity (Wildman–Crippen MR) is 262 cm³/mol. The third-order valence-electron chi connectivity index (χ3n) is 7.43. The Bertz CT molecular complexity index is 1900. The van der Waals surface area contributed by atoms with Gasteiger partial charge in [0.05, 0.1) is 0 Å². The fourth-order valence-corrected chi connectivity index (χ4v) is 9.91. The van der Waals surface area contributed by atoms with Crippen LogP contribution in [0.4, 0.5) is 0 Å². The molecule has 0 unspecified atom stereocenters. The second-order valence-corrected chi connectivity index (χ2v) is 27.3. The van der Waals surface area contributed by atoms with Gasteiger partial charge in [-0.05, 0) is 150 Å². The van der Waals surface area contributed by atoms with Crippen LogP contribution in [-0.4, -0.2) is 24.4 Å². The monoisotopic (exact) mass is 1050 g/mol. The minimum absolute atomic E-state index is 0. The maximum Gasteiger partial charge on any atom is 3.00 e. The third kappa shape index (κ3) is 19.5. The Balaban J connectivity index is 0.000000231. The summed E-state index contributed by atoms with van der Waals surface area (Å²) < 4.78 is 33.7. The Morgan fingerprint density at radius 3 is 0.483 bits per heavy atom. The van der Waals surface area contributed by atoms with Crippen molar-refractivity contribution in [3.63, 3.8) is 0 Å². The quantitative estimate of drug-likeness (QED) is 0.0667. The first-order valence-electron chi connectivity index (χ1n) is 17.3. The molecule has 58 heavy (non-hydrogen) atoms. The van der Waals surface area contributed by atoms with E-state index in [1.165, 1.54) is 0 Å². The summed E-state index contributed by atoms with van der Waals surface area (Å²) in [6, 6.07) is 45.6. The Morgan fingerprint density at radius 2 is 0.379 bits per heavy atom. The molecule has 0 bridgehead atoms. The van der Waals surface area contributed by atoms with Crippen LogP contribution in [-0.2, 0) is 72.2 Å². The van der Waals surface area contributed by atoms with Gasteiger partial charge in [-0.15, -0.1) is 0 Å². The summed E-state index contributed by atoms with van der Waals surface area (Å²) in [6.45, 7) is 12.1. The fraction of sp³-hybridized carbons (Fsp3) is 0.143. The van der Waals surface area contributed by atoms with Crippen LogP contribution in [0, 0.1) is 41.5 Å². The minimum atomic E-state index is -2.75. The van der Waals surface area contributed by atoms with E-state index in [-0.39, 0.29) is 24.4 Å². The Labute approximate surface area is 392 Å². The van der Waals surface area contributed by atoms with Crippen LogP contribution >= 0.6 is 17.1 Å². The maximum atomic E-state index is 5.61. The molecule has 6 aromatic rings. The standard InChI is InChI=1S/3C14H15O2PS2.Sb/c3*1-11-3-7-13(8-4-11)15-17(18,19)16-14-9-5-12(2)6-10-14;/h3*3-10H,1-2H3,(H,18,19);/q;;;+3/p-3. The molecule has 0 heterocycles. The average Bonchev–Trinajstić information content (AvgIpc) is 3.14. The topological polar surface area (TPSA) is 55.4 Å². The molecule has 2 radical (unpaired) electrons. The van der Waals surface area contributed by atoms with Crippen LogP contribution in [0.2, 0.25) is 0 Å². The van der Waals surface area contributed by atoms with Crippen LogP contribution in [0.3, 0.4) is 0 Å². The second kappa shape index (κ2) is 23.8. The van der Waals surface area contributed by atoms with Gasteiger partial charge < -0.3 is 63.9 Å². The van der Waals surface area contributed by atoms with Gasteiger partial charge in [-0.1, -0.05) is 106 Å². The van der Waals surface area contributed by atoms with Gasteiger partial charge in [-0.2, -0.15) is 0 Å². The van der Waals surface area contributed by atoms with Crippen molar-refractivity contribution in [1.29, 1.82) is 0 Å². The van der Waals surface area contributed by atoms with Gasteiger partial charge in [-0.25, -0.2) is 0 Å². The van der Waals surface area contributed by atoms with E-state index in [1.54, 1.807) is 0 Å². The molecule has 0 aromatic heterocycles. The van der Waals surface area contributed by atoms with Gasteiger partial charge >= 0.3 is 24.4 Å². The molecule has 0 aliphatic rings. The predicted octanol–water partition coefficient (Wildman–Crippen LogP) is 13.2. The molecule has 0 saturated carbocycles. The zero-order valence-electron chi connectivity index (χ0n) is 32.5. The Morgan fingerprint density at radius 1 is 0.276 bits per heavy atom. The summed E-state index contributed by atoms with van der Waals surface area (Å²) in [5, 5.41) is 0. The smallest absolute Gasteiger partial charge is 0.665 e. The normalized spacial score (nSPS) is 10.9. The molecule has 302 valence electrons. The van der Waals surface area contributed by atoms with Crippen LogP contribution in [0.5, 0.6) is 34.5 Å². The van der Waals surface area contributed by atoms with E-state index in [9.17, 15) is 0 Å². The van der Waals surface area contributed by atoms with E-state index in [0.29, 0.717) is 34.5 Å².